The molecule has 2 atom stereocenters. The molecule has 0 fully saturated rings. The van der Waals surface area contributed by atoms with E-state index in [9.17, 15) is 0 Å². The normalized spacial score (nSPS) is 13.9. The smallest absolute Gasteiger partial charge is 0.00712 e. The van der Waals surface area contributed by atoms with Crippen LogP contribution in [-0.4, -0.2) is 6.54 Å². The third kappa shape index (κ3) is 3.49. The van der Waals surface area contributed by atoms with Gasteiger partial charge in [-0.3, -0.25) is 0 Å². The molecule has 0 aliphatic carbocycles. The van der Waals surface area contributed by atoms with Crippen molar-refractivity contribution in [2.45, 2.75) is 38.5 Å². The van der Waals surface area contributed by atoms with Crippen molar-refractivity contribution in [3.05, 3.63) is 71.3 Å². The molecular weight excluding hydrogens is 242 g/mol. The van der Waals surface area contributed by atoms with Gasteiger partial charge in [0.1, 0.15) is 0 Å². The van der Waals surface area contributed by atoms with Crippen molar-refractivity contribution in [1.82, 2.24) is 0 Å². The van der Waals surface area contributed by atoms with Crippen molar-refractivity contribution in [1.29, 1.82) is 0 Å². The third-order valence-corrected chi connectivity index (χ3v) is 4.22. The Morgan fingerprint density at radius 3 is 2.10 bits per heavy atom. The maximum absolute atomic E-state index is 5.83. The number of hydrogen-bond donors (Lipinski definition) is 1. The molecule has 0 saturated heterocycles. The van der Waals surface area contributed by atoms with E-state index in [0.29, 0.717) is 11.8 Å². The highest BCUT2D eigenvalue weighted by molar-refractivity contribution is 5.30. The van der Waals surface area contributed by atoms with Crippen LogP contribution in [0.1, 0.15) is 48.8 Å². The Morgan fingerprint density at radius 2 is 1.55 bits per heavy atom. The van der Waals surface area contributed by atoms with Gasteiger partial charge in [-0.2, -0.15) is 0 Å². The van der Waals surface area contributed by atoms with Gasteiger partial charge in [0.25, 0.3) is 0 Å². The van der Waals surface area contributed by atoms with E-state index in [1.807, 2.05) is 0 Å². The van der Waals surface area contributed by atoms with Crippen LogP contribution in [-0.2, 0) is 6.42 Å². The summed E-state index contributed by atoms with van der Waals surface area (Å²) < 4.78 is 0. The minimum absolute atomic E-state index is 0.492. The standard InChI is InChI=1S/C19H25N/c1-3-16-9-11-17(12-10-16)15(2)19(13-14-20)18-7-5-4-6-8-18/h4-12,15,19H,3,13-14,20H2,1-2H3. The van der Waals surface area contributed by atoms with Crippen LogP contribution in [0.5, 0.6) is 0 Å². The lowest BCUT2D eigenvalue weighted by atomic mass is 9.80. The van der Waals surface area contributed by atoms with E-state index in [4.69, 9.17) is 5.73 Å². The van der Waals surface area contributed by atoms with E-state index in [0.717, 1.165) is 19.4 Å². The summed E-state index contributed by atoms with van der Waals surface area (Å²) in [6.45, 7) is 5.24. The first-order chi connectivity index (χ1) is 9.76. The van der Waals surface area contributed by atoms with Gasteiger partial charge in [-0.1, -0.05) is 68.4 Å². The van der Waals surface area contributed by atoms with Crippen LogP contribution in [0.15, 0.2) is 54.6 Å². The van der Waals surface area contributed by atoms with Gasteiger partial charge in [-0.15, -0.1) is 0 Å². The zero-order valence-electron chi connectivity index (χ0n) is 12.5. The number of aryl methyl sites for hydroxylation is 1. The van der Waals surface area contributed by atoms with Gasteiger partial charge in [0.15, 0.2) is 0 Å². The molecule has 0 saturated carbocycles. The highest BCUT2D eigenvalue weighted by atomic mass is 14.5. The Balaban J connectivity index is 2.24. The lowest BCUT2D eigenvalue weighted by Gasteiger charge is -2.24. The molecule has 20 heavy (non-hydrogen) atoms. The Kier molecular flexibility index (Phi) is 5.37. The molecule has 0 aliphatic heterocycles. The fraction of sp³-hybridized carbons (Fsp3) is 0.368. The summed E-state index contributed by atoms with van der Waals surface area (Å²) in [5.74, 6) is 0.987. The molecule has 106 valence electrons. The molecule has 2 aromatic rings. The summed E-state index contributed by atoms with van der Waals surface area (Å²) >= 11 is 0. The highest BCUT2D eigenvalue weighted by Gasteiger charge is 2.19. The van der Waals surface area contributed by atoms with Crippen molar-refractivity contribution < 1.29 is 0 Å². The van der Waals surface area contributed by atoms with Gasteiger partial charge in [-0.05, 0) is 47.9 Å². The average molecular weight is 267 g/mol. The Hall–Kier alpha value is -1.60. The summed E-state index contributed by atoms with van der Waals surface area (Å²) in [7, 11) is 0. The maximum atomic E-state index is 5.83. The minimum Gasteiger partial charge on any atom is -0.330 e. The predicted octanol–water partition coefficient (Wildman–Crippen LogP) is 4.49. The fourth-order valence-electron chi connectivity index (χ4n) is 2.87. The van der Waals surface area contributed by atoms with Crippen LogP contribution in [0.25, 0.3) is 0 Å². The molecule has 0 spiro atoms. The molecule has 2 rings (SSSR count). The van der Waals surface area contributed by atoms with Crippen molar-refractivity contribution in [2.75, 3.05) is 6.54 Å². The summed E-state index contributed by atoms with van der Waals surface area (Å²) in [4.78, 5) is 0. The Labute approximate surface area is 122 Å². The van der Waals surface area contributed by atoms with E-state index >= 15 is 0 Å². The second-order valence-corrected chi connectivity index (χ2v) is 5.48. The van der Waals surface area contributed by atoms with Crippen molar-refractivity contribution in [3.8, 4) is 0 Å². The zero-order chi connectivity index (χ0) is 14.4. The van der Waals surface area contributed by atoms with E-state index in [2.05, 4.69) is 68.4 Å². The first kappa shape index (κ1) is 14.8. The molecule has 1 heteroatoms. The average Bonchev–Trinajstić information content (AvgIpc) is 2.53. The lowest BCUT2D eigenvalue weighted by Crippen LogP contribution is -2.13. The maximum Gasteiger partial charge on any atom is -0.00712 e. The van der Waals surface area contributed by atoms with Gasteiger partial charge in [0, 0.05) is 0 Å². The number of rotatable bonds is 6. The molecule has 0 heterocycles. The summed E-state index contributed by atoms with van der Waals surface area (Å²) in [5, 5.41) is 0. The van der Waals surface area contributed by atoms with Gasteiger partial charge < -0.3 is 5.73 Å². The van der Waals surface area contributed by atoms with Gasteiger partial charge in [0.05, 0.1) is 0 Å². The lowest BCUT2D eigenvalue weighted by molar-refractivity contribution is 0.541. The molecule has 0 aliphatic rings. The molecule has 2 N–H and O–H groups in total. The SMILES string of the molecule is CCc1ccc(C(C)C(CCN)c2ccccc2)cc1. The molecule has 0 aromatic heterocycles. The van der Waals surface area contributed by atoms with Gasteiger partial charge >= 0.3 is 0 Å². The molecule has 1 nitrogen and oxygen atoms in total. The second-order valence-electron chi connectivity index (χ2n) is 5.48. The van der Waals surface area contributed by atoms with E-state index in [1.165, 1.54) is 16.7 Å². The third-order valence-electron chi connectivity index (χ3n) is 4.22. The fourth-order valence-corrected chi connectivity index (χ4v) is 2.87. The zero-order valence-corrected chi connectivity index (χ0v) is 12.5. The van der Waals surface area contributed by atoms with Crippen LogP contribution in [0.3, 0.4) is 0 Å². The first-order valence-electron chi connectivity index (χ1n) is 7.60. The van der Waals surface area contributed by atoms with Crippen LogP contribution < -0.4 is 5.73 Å². The first-order valence-corrected chi connectivity index (χ1v) is 7.60. The molecule has 2 unspecified atom stereocenters. The van der Waals surface area contributed by atoms with Gasteiger partial charge in [-0.25, -0.2) is 0 Å². The minimum atomic E-state index is 0.492. The van der Waals surface area contributed by atoms with Crippen LogP contribution in [0.4, 0.5) is 0 Å². The highest BCUT2D eigenvalue weighted by Crippen LogP contribution is 2.35. The van der Waals surface area contributed by atoms with Crippen molar-refractivity contribution in [3.63, 3.8) is 0 Å². The topological polar surface area (TPSA) is 26.0 Å². The van der Waals surface area contributed by atoms with E-state index in [1.54, 1.807) is 0 Å². The molecule has 0 radical (unpaired) electrons. The van der Waals surface area contributed by atoms with E-state index in [-0.39, 0.29) is 0 Å². The Morgan fingerprint density at radius 1 is 0.900 bits per heavy atom. The Bertz CT molecular complexity index is 501. The van der Waals surface area contributed by atoms with Gasteiger partial charge in [0.2, 0.25) is 0 Å². The number of benzene rings is 2. The van der Waals surface area contributed by atoms with Crippen molar-refractivity contribution in [2.24, 2.45) is 5.73 Å². The van der Waals surface area contributed by atoms with Crippen LogP contribution in [0.2, 0.25) is 0 Å². The molecule has 0 bridgehead atoms. The summed E-state index contributed by atoms with van der Waals surface area (Å²) in [6.07, 6.45) is 2.13. The largest absolute Gasteiger partial charge is 0.330 e. The summed E-state index contributed by atoms with van der Waals surface area (Å²) in [6, 6.07) is 19.8. The van der Waals surface area contributed by atoms with E-state index < -0.39 is 0 Å². The monoisotopic (exact) mass is 267 g/mol. The van der Waals surface area contributed by atoms with Crippen LogP contribution >= 0.6 is 0 Å². The molecule has 0 amide bonds. The number of nitrogens with two attached hydrogens (primary N) is 1. The van der Waals surface area contributed by atoms with Crippen molar-refractivity contribution >= 4 is 0 Å². The quantitative estimate of drug-likeness (QED) is 0.820. The second kappa shape index (κ2) is 7.25. The number of hydrogen-bond acceptors (Lipinski definition) is 1. The molecule has 2 aromatic carbocycles. The summed E-state index contributed by atoms with van der Waals surface area (Å²) in [5.41, 5.74) is 10.0. The molecular formula is C19H25N. The predicted molar refractivity (Wildman–Crippen MR) is 87.1 cm³/mol. The van der Waals surface area contributed by atoms with Crippen LogP contribution in [0, 0.1) is 0 Å².